The van der Waals surface area contributed by atoms with Crippen molar-refractivity contribution in [3.63, 3.8) is 0 Å². The van der Waals surface area contributed by atoms with Gasteiger partial charge in [0, 0.05) is 24.0 Å². The summed E-state index contributed by atoms with van der Waals surface area (Å²) in [7, 11) is 3.70. The number of anilines is 1. The number of rotatable bonds is 7. The molecule has 1 aromatic heterocycles. The van der Waals surface area contributed by atoms with E-state index in [0.717, 1.165) is 11.3 Å². The fourth-order valence-electron chi connectivity index (χ4n) is 2.33. The van der Waals surface area contributed by atoms with E-state index in [1.165, 1.54) is 24.3 Å². The Morgan fingerprint density at radius 2 is 1.82 bits per heavy atom. The molecule has 1 aromatic carbocycles. The number of thiophene rings is 1. The summed E-state index contributed by atoms with van der Waals surface area (Å²) in [4.78, 5) is 38.4. The molecule has 0 unspecified atom stereocenters. The maximum absolute atomic E-state index is 13.2. The summed E-state index contributed by atoms with van der Waals surface area (Å²) in [5.74, 6) is -2.71. The third-order valence-corrected chi connectivity index (χ3v) is 4.60. The minimum atomic E-state index is -0.878. The topological polar surface area (TPSA) is 87.7 Å². The maximum Gasteiger partial charge on any atom is 0.341 e. The normalized spacial score (nSPS) is 10.6. The van der Waals surface area contributed by atoms with Gasteiger partial charge in [0.25, 0.3) is 0 Å². The third-order valence-electron chi connectivity index (χ3n) is 3.70. The smallest absolute Gasteiger partial charge is 0.341 e. The van der Waals surface area contributed by atoms with Gasteiger partial charge < -0.3 is 20.3 Å². The van der Waals surface area contributed by atoms with Crippen molar-refractivity contribution in [3.05, 3.63) is 41.0 Å². The Morgan fingerprint density at radius 1 is 1.14 bits per heavy atom. The summed E-state index contributed by atoms with van der Waals surface area (Å²) in [6.07, 6.45) is 0. The van der Waals surface area contributed by atoms with Crippen LogP contribution in [0.1, 0.15) is 17.3 Å². The third kappa shape index (κ3) is 5.61. The van der Waals surface area contributed by atoms with Gasteiger partial charge in [-0.05, 0) is 38.7 Å². The largest absolute Gasteiger partial charge is 0.462 e. The molecule has 2 rings (SSSR count). The molecule has 2 aromatic rings. The highest BCUT2D eigenvalue weighted by molar-refractivity contribution is 7.15. The minimum Gasteiger partial charge on any atom is -0.462 e. The summed E-state index contributed by atoms with van der Waals surface area (Å²) in [5, 5.41) is 6.83. The number of hydrogen-bond donors (Lipinski definition) is 2. The van der Waals surface area contributed by atoms with E-state index in [1.807, 2.05) is 19.0 Å². The lowest BCUT2D eigenvalue weighted by atomic mass is 10.0. The summed E-state index contributed by atoms with van der Waals surface area (Å²) in [5.41, 5.74) is 1.22. The molecule has 1 heterocycles. The standard InChI is InChI=1S/C19H22FN3O4S/c1-4-27-19(26)15-14(12-5-7-13(20)8-6-12)11-28-18(15)22-17(25)16(24)21-9-10-23(2)3/h5-8,11H,4,9-10H2,1-3H3,(H,21,24)(H,22,25). The average molecular weight is 407 g/mol. The Balaban J connectivity index is 2.24. The van der Waals surface area contributed by atoms with Crippen LogP contribution in [0.3, 0.4) is 0 Å². The molecule has 0 bridgehead atoms. The number of nitrogens with zero attached hydrogens (tertiary/aromatic N) is 1. The lowest BCUT2D eigenvalue weighted by Crippen LogP contribution is -2.38. The Bertz CT molecular complexity index is 849. The summed E-state index contributed by atoms with van der Waals surface area (Å²) in [6.45, 7) is 2.71. The van der Waals surface area contributed by atoms with Gasteiger partial charge in [-0.25, -0.2) is 9.18 Å². The second kappa shape index (κ2) is 9.95. The van der Waals surface area contributed by atoms with Crippen LogP contribution in [0.25, 0.3) is 11.1 Å². The quantitative estimate of drug-likeness (QED) is 0.543. The molecule has 0 aliphatic carbocycles. The predicted molar refractivity (Wildman–Crippen MR) is 106 cm³/mol. The van der Waals surface area contributed by atoms with Gasteiger partial charge in [-0.3, -0.25) is 9.59 Å². The van der Waals surface area contributed by atoms with E-state index >= 15 is 0 Å². The Labute approximate surface area is 166 Å². The van der Waals surface area contributed by atoms with Crippen LogP contribution in [0.2, 0.25) is 0 Å². The summed E-state index contributed by atoms with van der Waals surface area (Å²) in [6, 6.07) is 5.61. The minimum absolute atomic E-state index is 0.132. The number of esters is 1. The van der Waals surface area contributed by atoms with Crippen molar-refractivity contribution >= 4 is 34.1 Å². The van der Waals surface area contributed by atoms with Gasteiger partial charge in [0.2, 0.25) is 0 Å². The first-order valence-electron chi connectivity index (χ1n) is 8.62. The van der Waals surface area contributed by atoms with Crippen LogP contribution >= 0.6 is 11.3 Å². The molecule has 0 fully saturated rings. The number of amides is 2. The van der Waals surface area contributed by atoms with Gasteiger partial charge >= 0.3 is 17.8 Å². The molecule has 2 N–H and O–H groups in total. The lowest BCUT2D eigenvalue weighted by Gasteiger charge is -2.11. The predicted octanol–water partition coefficient (Wildman–Crippen LogP) is 2.35. The van der Waals surface area contributed by atoms with Crippen molar-refractivity contribution in [1.82, 2.24) is 10.2 Å². The average Bonchev–Trinajstić information content (AvgIpc) is 3.05. The second-order valence-electron chi connectivity index (χ2n) is 6.09. The fraction of sp³-hybridized carbons (Fsp3) is 0.316. The lowest BCUT2D eigenvalue weighted by molar-refractivity contribution is -0.136. The molecule has 0 aliphatic heterocycles. The van der Waals surface area contributed by atoms with Gasteiger partial charge in [0.05, 0.1) is 6.61 Å². The first-order valence-corrected chi connectivity index (χ1v) is 9.49. The number of nitrogens with one attached hydrogen (secondary N) is 2. The maximum atomic E-state index is 13.2. The van der Waals surface area contributed by atoms with Crippen molar-refractivity contribution in [2.45, 2.75) is 6.92 Å². The van der Waals surface area contributed by atoms with E-state index in [4.69, 9.17) is 4.74 Å². The molecule has 9 heteroatoms. The number of carbonyl (C=O) groups is 3. The van der Waals surface area contributed by atoms with Crippen LogP contribution in [0.5, 0.6) is 0 Å². The molecule has 7 nitrogen and oxygen atoms in total. The van der Waals surface area contributed by atoms with Gasteiger partial charge in [0.1, 0.15) is 16.4 Å². The zero-order chi connectivity index (χ0) is 20.7. The number of halogens is 1. The first-order chi connectivity index (χ1) is 13.3. The molecule has 0 saturated heterocycles. The van der Waals surface area contributed by atoms with E-state index in [2.05, 4.69) is 10.6 Å². The highest BCUT2D eigenvalue weighted by Crippen LogP contribution is 2.36. The molecule has 2 amide bonds. The molecular formula is C19H22FN3O4S. The van der Waals surface area contributed by atoms with Gasteiger partial charge in [-0.1, -0.05) is 12.1 Å². The molecule has 0 aliphatic rings. The second-order valence-corrected chi connectivity index (χ2v) is 6.97. The molecular weight excluding hydrogens is 385 g/mol. The number of ether oxygens (including phenoxy) is 1. The van der Waals surface area contributed by atoms with E-state index in [0.29, 0.717) is 24.2 Å². The van der Waals surface area contributed by atoms with Gasteiger partial charge in [0.15, 0.2) is 0 Å². The van der Waals surface area contributed by atoms with E-state index in [-0.39, 0.29) is 17.2 Å². The Kier molecular flexibility index (Phi) is 7.65. The van der Waals surface area contributed by atoms with Crippen LogP contribution in [-0.2, 0) is 14.3 Å². The zero-order valence-corrected chi connectivity index (χ0v) is 16.7. The molecule has 150 valence electrons. The van der Waals surface area contributed by atoms with Crippen LogP contribution in [0, 0.1) is 5.82 Å². The van der Waals surface area contributed by atoms with Crippen molar-refractivity contribution < 1.29 is 23.5 Å². The highest BCUT2D eigenvalue weighted by Gasteiger charge is 2.24. The monoisotopic (exact) mass is 407 g/mol. The van der Waals surface area contributed by atoms with Crippen molar-refractivity contribution in [1.29, 1.82) is 0 Å². The zero-order valence-electron chi connectivity index (χ0n) is 15.9. The molecule has 0 radical (unpaired) electrons. The van der Waals surface area contributed by atoms with E-state index < -0.39 is 23.6 Å². The Morgan fingerprint density at radius 3 is 2.43 bits per heavy atom. The number of benzene rings is 1. The van der Waals surface area contributed by atoms with Crippen LogP contribution in [0.15, 0.2) is 29.6 Å². The molecule has 28 heavy (non-hydrogen) atoms. The van der Waals surface area contributed by atoms with E-state index in [1.54, 1.807) is 12.3 Å². The first kappa shape index (κ1) is 21.5. The number of likely N-dealkylation sites (N-methyl/N-ethyl adjacent to an activating group) is 1. The molecule has 0 atom stereocenters. The molecule has 0 spiro atoms. The highest BCUT2D eigenvalue weighted by atomic mass is 32.1. The number of carbonyl (C=O) groups excluding carboxylic acids is 3. The fourth-order valence-corrected chi connectivity index (χ4v) is 3.28. The van der Waals surface area contributed by atoms with E-state index in [9.17, 15) is 18.8 Å². The number of hydrogen-bond acceptors (Lipinski definition) is 6. The van der Waals surface area contributed by atoms with Gasteiger partial charge in [-0.15, -0.1) is 11.3 Å². The Hall–Kier alpha value is -2.78. The van der Waals surface area contributed by atoms with Crippen molar-refractivity contribution in [2.75, 3.05) is 39.1 Å². The SMILES string of the molecule is CCOC(=O)c1c(-c2ccc(F)cc2)csc1NC(=O)C(=O)NCCN(C)C. The van der Waals surface area contributed by atoms with Crippen molar-refractivity contribution in [2.24, 2.45) is 0 Å². The van der Waals surface area contributed by atoms with Crippen LogP contribution < -0.4 is 10.6 Å². The summed E-state index contributed by atoms with van der Waals surface area (Å²) < 4.78 is 18.3. The van der Waals surface area contributed by atoms with Crippen LogP contribution in [0.4, 0.5) is 9.39 Å². The molecule has 0 saturated carbocycles. The van der Waals surface area contributed by atoms with Crippen LogP contribution in [-0.4, -0.2) is 56.5 Å². The van der Waals surface area contributed by atoms with Crippen molar-refractivity contribution in [3.8, 4) is 11.1 Å². The van der Waals surface area contributed by atoms with Gasteiger partial charge in [-0.2, -0.15) is 0 Å². The summed E-state index contributed by atoms with van der Waals surface area (Å²) >= 11 is 1.09.